The SMILES string of the molecule is CC(C)C(N)CCN(C)C(=O)c1cccc2ccccc12.Cl. The molecule has 0 spiro atoms. The first-order valence-corrected chi connectivity index (χ1v) is 7.49. The lowest BCUT2D eigenvalue weighted by Crippen LogP contribution is -2.34. The molecule has 3 nitrogen and oxygen atoms in total. The smallest absolute Gasteiger partial charge is 0.254 e. The van der Waals surface area contributed by atoms with Crippen LogP contribution in [0.1, 0.15) is 30.6 Å². The molecule has 2 rings (SSSR count). The number of hydrogen-bond donors (Lipinski definition) is 1. The predicted octanol–water partition coefficient (Wildman–Crippen LogP) is 3.71. The van der Waals surface area contributed by atoms with Crippen molar-refractivity contribution in [1.82, 2.24) is 4.90 Å². The Morgan fingerprint density at radius 3 is 2.45 bits per heavy atom. The summed E-state index contributed by atoms with van der Waals surface area (Å²) in [5.74, 6) is 0.494. The summed E-state index contributed by atoms with van der Waals surface area (Å²) >= 11 is 0. The number of carbonyl (C=O) groups is 1. The minimum absolute atomic E-state index is 0. The monoisotopic (exact) mass is 320 g/mol. The highest BCUT2D eigenvalue weighted by Gasteiger charge is 2.16. The Morgan fingerprint density at radius 2 is 1.77 bits per heavy atom. The van der Waals surface area contributed by atoms with Gasteiger partial charge in [0.15, 0.2) is 0 Å². The van der Waals surface area contributed by atoms with E-state index >= 15 is 0 Å². The Labute approximate surface area is 138 Å². The lowest BCUT2D eigenvalue weighted by molar-refractivity contribution is 0.0791. The maximum atomic E-state index is 12.6. The van der Waals surface area contributed by atoms with E-state index in [1.54, 1.807) is 4.90 Å². The topological polar surface area (TPSA) is 46.3 Å². The average Bonchev–Trinajstić information content (AvgIpc) is 2.50. The van der Waals surface area contributed by atoms with Gasteiger partial charge in [-0.3, -0.25) is 4.79 Å². The Bertz CT molecular complexity index is 622. The van der Waals surface area contributed by atoms with Gasteiger partial charge in [-0.05, 0) is 29.2 Å². The van der Waals surface area contributed by atoms with Crippen molar-refractivity contribution in [1.29, 1.82) is 0 Å². The van der Waals surface area contributed by atoms with Crippen LogP contribution in [0.3, 0.4) is 0 Å². The van der Waals surface area contributed by atoms with Gasteiger partial charge in [-0.15, -0.1) is 12.4 Å². The number of halogens is 1. The van der Waals surface area contributed by atoms with E-state index in [2.05, 4.69) is 13.8 Å². The van der Waals surface area contributed by atoms with Crippen molar-refractivity contribution in [2.75, 3.05) is 13.6 Å². The molecule has 0 bridgehead atoms. The second kappa shape index (κ2) is 8.16. The first-order chi connectivity index (χ1) is 10.0. The third-order valence-corrected chi connectivity index (χ3v) is 4.02. The Morgan fingerprint density at radius 1 is 1.14 bits per heavy atom. The van der Waals surface area contributed by atoms with Crippen LogP contribution in [0.4, 0.5) is 0 Å². The third kappa shape index (κ3) is 4.21. The second-order valence-corrected chi connectivity index (χ2v) is 5.95. The molecule has 0 saturated heterocycles. The van der Waals surface area contributed by atoms with Gasteiger partial charge in [-0.1, -0.05) is 50.2 Å². The van der Waals surface area contributed by atoms with Crippen molar-refractivity contribution in [3.8, 4) is 0 Å². The number of fused-ring (bicyclic) bond motifs is 1. The van der Waals surface area contributed by atoms with Gasteiger partial charge in [0.05, 0.1) is 0 Å². The van der Waals surface area contributed by atoms with Crippen molar-refractivity contribution in [2.45, 2.75) is 26.3 Å². The van der Waals surface area contributed by atoms with Gasteiger partial charge in [0.25, 0.3) is 5.91 Å². The number of nitrogens with two attached hydrogens (primary N) is 1. The molecule has 4 heteroatoms. The molecule has 1 amide bonds. The normalized spacial score (nSPS) is 12.0. The molecule has 0 aliphatic carbocycles. The average molecular weight is 321 g/mol. The largest absolute Gasteiger partial charge is 0.342 e. The van der Waals surface area contributed by atoms with E-state index in [-0.39, 0.29) is 24.4 Å². The summed E-state index contributed by atoms with van der Waals surface area (Å²) in [5, 5.41) is 2.10. The van der Waals surface area contributed by atoms with Crippen LogP contribution in [-0.4, -0.2) is 30.4 Å². The highest BCUT2D eigenvalue weighted by atomic mass is 35.5. The van der Waals surface area contributed by atoms with Crippen LogP contribution < -0.4 is 5.73 Å². The van der Waals surface area contributed by atoms with Gasteiger partial charge in [0.2, 0.25) is 0 Å². The van der Waals surface area contributed by atoms with Crippen LogP contribution in [0.25, 0.3) is 10.8 Å². The molecule has 1 unspecified atom stereocenters. The van der Waals surface area contributed by atoms with E-state index in [9.17, 15) is 4.79 Å². The Hall–Kier alpha value is -1.58. The number of benzene rings is 2. The molecule has 120 valence electrons. The van der Waals surface area contributed by atoms with Crippen LogP contribution >= 0.6 is 12.4 Å². The molecular formula is C18H25ClN2O. The maximum absolute atomic E-state index is 12.6. The fraction of sp³-hybridized carbons (Fsp3) is 0.389. The molecule has 2 N–H and O–H groups in total. The second-order valence-electron chi connectivity index (χ2n) is 5.95. The molecule has 0 fully saturated rings. The first kappa shape index (κ1) is 18.5. The van der Waals surface area contributed by atoms with Crippen LogP contribution in [0.2, 0.25) is 0 Å². The zero-order valence-corrected chi connectivity index (χ0v) is 14.3. The van der Waals surface area contributed by atoms with Crippen molar-refractivity contribution < 1.29 is 4.79 Å². The summed E-state index contributed by atoms with van der Waals surface area (Å²) in [6.45, 7) is 4.90. The summed E-state index contributed by atoms with van der Waals surface area (Å²) in [7, 11) is 1.84. The van der Waals surface area contributed by atoms with E-state index in [1.165, 1.54) is 0 Å². The van der Waals surface area contributed by atoms with E-state index in [4.69, 9.17) is 5.73 Å². The van der Waals surface area contributed by atoms with E-state index < -0.39 is 0 Å². The van der Waals surface area contributed by atoms with Crippen molar-refractivity contribution in [2.24, 2.45) is 11.7 Å². The van der Waals surface area contributed by atoms with Crippen molar-refractivity contribution in [3.63, 3.8) is 0 Å². The van der Waals surface area contributed by atoms with Gasteiger partial charge < -0.3 is 10.6 Å². The molecule has 0 aliphatic rings. The molecule has 1 atom stereocenters. The molecule has 0 heterocycles. The van der Waals surface area contributed by atoms with E-state index in [1.807, 2.05) is 49.5 Å². The summed E-state index contributed by atoms with van der Waals surface area (Å²) in [6, 6.07) is 14.0. The fourth-order valence-electron chi connectivity index (χ4n) is 2.40. The molecule has 2 aromatic rings. The summed E-state index contributed by atoms with van der Waals surface area (Å²) in [6.07, 6.45) is 0.824. The lowest BCUT2D eigenvalue weighted by atomic mass is 10.0. The highest BCUT2D eigenvalue weighted by molar-refractivity contribution is 6.06. The molecule has 22 heavy (non-hydrogen) atoms. The summed E-state index contributed by atoms with van der Waals surface area (Å²) in [4.78, 5) is 14.4. The minimum atomic E-state index is 0. The molecular weight excluding hydrogens is 296 g/mol. The fourth-order valence-corrected chi connectivity index (χ4v) is 2.40. The zero-order valence-electron chi connectivity index (χ0n) is 13.5. The van der Waals surface area contributed by atoms with E-state index in [0.29, 0.717) is 12.5 Å². The predicted molar refractivity (Wildman–Crippen MR) is 95.6 cm³/mol. The van der Waals surface area contributed by atoms with Crippen LogP contribution in [0, 0.1) is 5.92 Å². The molecule has 0 saturated carbocycles. The quantitative estimate of drug-likeness (QED) is 0.913. The van der Waals surface area contributed by atoms with Crippen LogP contribution in [-0.2, 0) is 0 Å². The summed E-state index contributed by atoms with van der Waals surface area (Å²) in [5.41, 5.74) is 6.81. The number of amides is 1. The molecule has 0 radical (unpaired) electrons. The zero-order chi connectivity index (χ0) is 15.4. The van der Waals surface area contributed by atoms with Gasteiger partial charge in [0.1, 0.15) is 0 Å². The number of hydrogen-bond acceptors (Lipinski definition) is 2. The van der Waals surface area contributed by atoms with Gasteiger partial charge >= 0.3 is 0 Å². The van der Waals surface area contributed by atoms with E-state index in [0.717, 1.165) is 22.8 Å². The highest BCUT2D eigenvalue weighted by Crippen LogP contribution is 2.20. The number of carbonyl (C=O) groups excluding carboxylic acids is 1. The number of nitrogens with zero attached hydrogens (tertiary/aromatic N) is 1. The maximum Gasteiger partial charge on any atom is 0.254 e. The van der Waals surface area contributed by atoms with Crippen LogP contribution in [0.15, 0.2) is 42.5 Å². The van der Waals surface area contributed by atoms with Crippen molar-refractivity contribution >= 4 is 29.1 Å². The van der Waals surface area contributed by atoms with Crippen LogP contribution in [0.5, 0.6) is 0 Å². The Kier molecular flexibility index (Phi) is 6.85. The molecule has 0 aromatic heterocycles. The third-order valence-electron chi connectivity index (χ3n) is 4.02. The van der Waals surface area contributed by atoms with Gasteiger partial charge in [0, 0.05) is 25.2 Å². The first-order valence-electron chi connectivity index (χ1n) is 7.49. The summed E-state index contributed by atoms with van der Waals surface area (Å²) < 4.78 is 0. The van der Waals surface area contributed by atoms with Crippen molar-refractivity contribution in [3.05, 3.63) is 48.0 Å². The number of rotatable bonds is 5. The molecule has 0 aliphatic heterocycles. The van der Waals surface area contributed by atoms with Gasteiger partial charge in [-0.25, -0.2) is 0 Å². The molecule has 2 aromatic carbocycles. The lowest BCUT2D eigenvalue weighted by Gasteiger charge is -2.22. The Balaban J connectivity index is 0.00000242. The minimum Gasteiger partial charge on any atom is -0.342 e. The van der Waals surface area contributed by atoms with Gasteiger partial charge in [-0.2, -0.15) is 0 Å². The standard InChI is InChI=1S/C18H24N2O.ClH/c1-13(2)17(19)11-12-20(3)18(21)16-10-6-8-14-7-4-5-9-15(14)16;/h4-10,13,17H,11-12,19H2,1-3H3;1H.